The predicted molar refractivity (Wildman–Crippen MR) is 236 cm³/mol. The summed E-state index contributed by atoms with van der Waals surface area (Å²) in [7, 11) is -10.3. The van der Waals surface area contributed by atoms with Crippen LogP contribution in [-0.4, -0.2) is 95.5 Å². The first-order valence-electron chi connectivity index (χ1n) is 19.4. The van der Waals surface area contributed by atoms with Crippen molar-refractivity contribution >= 4 is 84.9 Å². The Balaban J connectivity index is 1.50. The van der Waals surface area contributed by atoms with Gasteiger partial charge < -0.3 is 18.9 Å². The number of fused-ring (bicyclic) bond motifs is 6. The molecule has 0 saturated carbocycles. The molecule has 60 heavy (non-hydrogen) atoms. The smallest absolute Gasteiger partial charge is 0.294 e. The summed E-state index contributed by atoms with van der Waals surface area (Å²) in [5, 5.41) is 2.38. The second kappa shape index (κ2) is 17.5. The first-order valence-corrected chi connectivity index (χ1v) is 24.6. The Morgan fingerprint density at radius 1 is 0.883 bits per heavy atom. The van der Waals surface area contributed by atoms with Crippen LogP contribution >= 0.6 is 15.9 Å². The quantitative estimate of drug-likeness (QED) is 0.0596. The maximum Gasteiger partial charge on any atom is 0.294 e. The van der Waals surface area contributed by atoms with Crippen LogP contribution in [-0.2, 0) is 50.7 Å². The fourth-order valence-electron chi connectivity index (χ4n) is 8.85. The van der Waals surface area contributed by atoms with Crippen LogP contribution in [0, 0.1) is 0 Å². The number of hydrogen-bond donors (Lipinski definition) is 2. The number of ether oxygens (including phenoxy) is 2. The Kier molecular flexibility index (Phi) is 13.4. The molecule has 0 aromatic heterocycles. The lowest BCUT2D eigenvalue weighted by Gasteiger charge is -2.30. The lowest BCUT2D eigenvalue weighted by atomic mass is 9.75. The van der Waals surface area contributed by atoms with Gasteiger partial charge in [-0.1, -0.05) is 47.1 Å². The third-order valence-corrected chi connectivity index (χ3v) is 14.7. The Bertz CT molecular complexity index is 2820. The van der Waals surface area contributed by atoms with Crippen molar-refractivity contribution in [2.75, 3.05) is 51.2 Å². The van der Waals surface area contributed by atoms with Crippen molar-refractivity contribution in [1.29, 1.82) is 0 Å². The lowest BCUT2D eigenvalue weighted by molar-refractivity contribution is -0.437. The standard InChI is InChI=1S/C43H49BrN2O11S3/c1-6-23-45-35-17-12-29-11-15-31(59(50,51)52)28-34(29)41(35)43(3,22-26-57-5)38(45)19-13-30(44)14-20-39-42(2,21-25-56-4)40-33-9-7-10-37(60(53,54)55)32(33)16-18-36(40)46(39)24-8-27-58(47,48)49/h7,9-20,28H,6,8,21-27H2,1-5H3,(H2-,47,48,49,50,51,52,53,54,55). The van der Waals surface area contributed by atoms with Crippen LogP contribution in [0.5, 0.6) is 0 Å². The van der Waals surface area contributed by atoms with E-state index in [-0.39, 0.29) is 28.1 Å². The van der Waals surface area contributed by atoms with Gasteiger partial charge in [-0.05, 0) is 109 Å². The molecule has 13 nitrogen and oxygen atoms in total. The summed E-state index contributed by atoms with van der Waals surface area (Å²) >= 11 is 3.76. The second-order valence-electron chi connectivity index (χ2n) is 15.5. The highest BCUT2D eigenvalue weighted by molar-refractivity contribution is 9.11. The largest absolute Gasteiger partial charge is 0.744 e. The fourth-order valence-corrected chi connectivity index (χ4v) is 10.8. The van der Waals surface area contributed by atoms with Gasteiger partial charge in [0.2, 0.25) is 5.69 Å². The maximum atomic E-state index is 12.4. The number of allylic oxidation sites excluding steroid dienone is 6. The van der Waals surface area contributed by atoms with E-state index in [1.54, 1.807) is 38.5 Å². The molecule has 0 saturated heterocycles. The number of nitrogens with zero attached hydrogens (tertiary/aromatic N) is 2. The van der Waals surface area contributed by atoms with Crippen molar-refractivity contribution in [3.8, 4) is 0 Å². The second-order valence-corrected chi connectivity index (χ2v) is 20.8. The molecule has 4 aromatic rings. The van der Waals surface area contributed by atoms with Crippen molar-refractivity contribution in [3.05, 3.63) is 106 Å². The van der Waals surface area contributed by atoms with Crippen LogP contribution in [0.15, 0.2) is 105 Å². The third kappa shape index (κ3) is 8.92. The minimum absolute atomic E-state index is 0.0837. The average Bonchev–Trinajstić information content (AvgIpc) is 3.56. The van der Waals surface area contributed by atoms with E-state index in [0.717, 1.165) is 40.0 Å². The molecule has 0 bridgehead atoms. The van der Waals surface area contributed by atoms with Gasteiger partial charge in [-0.2, -0.15) is 21.4 Å². The van der Waals surface area contributed by atoms with Gasteiger partial charge in [-0.3, -0.25) is 9.11 Å². The van der Waals surface area contributed by atoms with E-state index in [0.29, 0.717) is 53.5 Å². The Labute approximate surface area is 360 Å². The molecular weight excluding hydrogens is 897 g/mol. The molecular formula is C43H49BrN2O11S3. The Hall–Kier alpha value is -3.78. The van der Waals surface area contributed by atoms with Crippen molar-refractivity contribution in [3.63, 3.8) is 0 Å². The topological polar surface area (TPSA) is 191 Å². The van der Waals surface area contributed by atoms with Crippen LogP contribution in [0.3, 0.4) is 0 Å². The minimum atomic E-state index is -4.82. The van der Waals surface area contributed by atoms with Gasteiger partial charge >= 0.3 is 0 Å². The Morgan fingerprint density at radius 3 is 2.20 bits per heavy atom. The van der Waals surface area contributed by atoms with Crippen LogP contribution in [0.2, 0.25) is 0 Å². The van der Waals surface area contributed by atoms with Gasteiger partial charge in [0.15, 0.2) is 5.71 Å². The molecule has 322 valence electrons. The average molecular weight is 946 g/mol. The van der Waals surface area contributed by atoms with Crippen LogP contribution < -0.4 is 4.90 Å². The molecule has 0 amide bonds. The van der Waals surface area contributed by atoms with Crippen LogP contribution in [0.1, 0.15) is 57.6 Å². The highest BCUT2D eigenvalue weighted by atomic mass is 79.9. The molecule has 6 rings (SSSR count). The molecule has 0 aliphatic carbocycles. The van der Waals surface area contributed by atoms with Crippen molar-refractivity contribution in [1.82, 2.24) is 0 Å². The summed E-state index contributed by atoms with van der Waals surface area (Å²) < 4.78 is 119. The molecule has 2 unspecified atom stereocenters. The van der Waals surface area contributed by atoms with Gasteiger partial charge in [-0.15, -0.1) is 0 Å². The number of benzene rings is 4. The highest BCUT2D eigenvalue weighted by Crippen LogP contribution is 2.53. The number of methoxy groups -OCH3 is 2. The zero-order valence-corrected chi connectivity index (χ0v) is 38.0. The molecule has 2 heterocycles. The molecule has 2 atom stereocenters. The molecule has 0 spiro atoms. The van der Waals surface area contributed by atoms with Gasteiger partial charge in [0.1, 0.15) is 16.7 Å². The van der Waals surface area contributed by atoms with Crippen LogP contribution in [0.4, 0.5) is 11.4 Å². The zero-order valence-electron chi connectivity index (χ0n) is 34.0. The molecule has 0 fully saturated rings. The minimum Gasteiger partial charge on any atom is -0.744 e. The predicted octanol–water partition coefficient (Wildman–Crippen LogP) is 7.76. The zero-order chi connectivity index (χ0) is 43.8. The summed E-state index contributed by atoms with van der Waals surface area (Å²) in [5.41, 5.74) is 3.57. The fraction of sp³-hybridized carbons (Fsp3) is 0.372. The summed E-state index contributed by atoms with van der Waals surface area (Å²) in [6, 6.07) is 16.5. The molecule has 2 N–H and O–H groups in total. The summed E-state index contributed by atoms with van der Waals surface area (Å²) in [6.45, 7) is 7.78. The van der Waals surface area contributed by atoms with Gasteiger partial charge in [0.05, 0.1) is 21.0 Å². The lowest BCUT2D eigenvalue weighted by Crippen LogP contribution is -2.33. The van der Waals surface area contributed by atoms with E-state index in [4.69, 9.17) is 9.47 Å². The van der Waals surface area contributed by atoms with E-state index >= 15 is 0 Å². The molecule has 17 heteroatoms. The number of anilines is 1. The normalized spacial score (nSPS) is 20.6. The molecule has 2 aliphatic heterocycles. The summed E-state index contributed by atoms with van der Waals surface area (Å²) in [5.74, 6) is -0.473. The van der Waals surface area contributed by atoms with Crippen molar-refractivity contribution < 1.29 is 53.0 Å². The number of hydrogen-bond acceptors (Lipinski definition) is 10. The van der Waals surface area contributed by atoms with Gasteiger partial charge in [-0.25, -0.2) is 8.42 Å². The molecule has 2 aliphatic rings. The first-order chi connectivity index (χ1) is 28.2. The van der Waals surface area contributed by atoms with E-state index in [1.165, 1.54) is 24.3 Å². The Morgan fingerprint density at radius 2 is 1.57 bits per heavy atom. The molecule has 0 radical (unpaired) electrons. The monoisotopic (exact) mass is 944 g/mol. The van der Waals surface area contributed by atoms with Gasteiger partial charge in [0.25, 0.3) is 20.2 Å². The third-order valence-electron chi connectivity index (χ3n) is 11.6. The molecule has 4 aromatic carbocycles. The summed E-state index contributed by atoms with van der Waals surface area (Å²) in [4.78, 5) is 1.44. The van der Waals surface area contributed by atoms with Gasteiger partial charge in [0, 0.05) is 79.4 Å². The first kappa shape index (κ1) is 45.7. The number of halogens is 1. The van der Waals surface area contributed by atoms with Crippen molar-refractivity contribution in [2.24, 2.45) is 0 Å². The summed E-state index contributed by atoms with van der Waals surface area (Å²) in [6.07, 6.45) is 9.66. The van der Waals surface area contributed by atoms with E-state index in [1.807, 2.05) is 48.3 Å². The maximum absolute atomic E-state index is 12.4. The van der Waals surface area contributed by atoms with E-state index < -0.39 is 46.9 Å². The highest BCUT2D eigenvalue weighted by Gasteiger charge is 2.49. The van der Waals surface area contributed by atoms with Crippen molar-refractivity contribution in [2.45, 2.75) is 67.1 Å². The van der Waals surface area contributed by atoms with E-state index in [9.17, 15) is 38.9 Å². The van der Waals surface area contributed by atoms with E-state index in [2.05, 4.69) is 34.4 Å². The SMILES string of the molecule is CCC[N+]1=C(/C=C/C(Br)=C/C=C2/N(CCCS(=O)(=O)O)c3ccc4c(S(=O)(=O)[O-])cccc4c3C2(C)CCOC)C(C)(CCOC)c2c1ccc1ccc(S(=O)(=O)O)cc21. The van der Waals surface area contributed by atoms with Crippen LogP contribution in [0.25, 0.3) is 21.5 Å². The number of rotatable bonds is 17.